The first-order valence-electron chi connectivity index (χ1n) is 2.59. The first kappa shape index (κ1) is 7.18. The first-order chi connectivity index (χ1) is 3.93. The van der Waals surface area contributed by atoms with Crippen LogP contribution < -0.4 is 5.73 Å². The summed E-state index contributed by atoms with van der Waals surface area (Å²) in [7, 11) is 0. The summed E-state index contributed by atoms with van der Waals surface area (Å²) in [5.41, 5.74) is 6.38. The van der Waals surface area contributed by atoms with Gasteiger partial charge in [-0.2, -0.15) is 30.3 Å². The van der Waals surface area contributed by atoms with Gasteiger partial charge in [-0.15, -0.1) is 5.56 Å². The molecule has 57 valence electrons. The molecule has 0 spiro atoms. The molecule has 9 heavy (non-hydrogen) atoms. The number of benzene rings is 1. The van der Waals surface area contributed by atoms with Crippen molar-refractivity contribution in [1.29, 1.82) is 0 Å². The van der Waals surface area contributed by atoms with E-state index >= 15 is 0 Å². The maximum absolute atomic E-state index is 5.32. The topological polar surface area (TPSA) is 26.0 Å². The van der Waals surface area contributed by atoms with Crippen molar-refractivity contribution >= 4 is 0 Å². The summed E-state index contributed by atoms with van der Waals surface area (Å²) < 4.78 is 0. The third-order valence-electron chi connectivity index (χ3n) is 0.993. The Morgan fingerprint density at radius 1 is 1.44 bits per heavy atom. The minimum Gasteiger partial charge on any atom is -0.328 e. The van der Waals surface area contributed by atoms with Gasteiger partial charge in [-0.1, -0.05) is 0 Å². The molecule has 0 fully saturated rings. The number of hydrogen-bond donors (Lipinski definition) is 1. The molecule has 1 nitrogen and oxygen atoms in total. The molecule has 1 aromatic rings. The van der Waals surface area contributed by atoms with Gasteiger partial charge in [0.15, 0.2) is 0 Å². The molecule has 0 heterocycles. The van der Waals surface area contributed by atoms with E-state index in [1.807, 2.05) is 24.3 Å². The molecular weight excluding hydrogens is 360 g/mol. The van der Waals surface area contributed by atoms with Crippen LogP contribution in [0.25, 0.3) is 0 Å². The Morgan fingerprint density at radius 3 is 2.56 bits per heavy atom. The van der Waals surface area contributed by atoms with Gasteiger partial charge in [0.1, 0.15) is 0 Å². The second kappa shape index (κ2) is 3.22. The summed E-state index contributed by atoms with van der Waals surface area (Å²) in [6, 6.07) is 10.7. The van der Waals surface area contributed by atoms with Crippen LogP contribution in [0.1, 0.15) is 5.56 Å². The van der Waals surface area contributed by atoms with Gasteiger partial charge < -0.3 is 5.73 Å². The minimum atomic E-state index is 0. The van der Waals surface area contributed by atoms with Gasteiger partial charge in [0, 0.05) is 0 Å². The SMILES string of the molecule is NCc1[c-]cccc1.[Lr]. The zero-order chi connectivity index (χ0) is 5.82. The standard InChI is InChI=1S/C7H8N.Lr/c8-6-7-4-2-1-3-5-7;/h1-4H,6,8H2;/q-1;. The maximum atomic E-state index is 5.32. The quantitative estimate of drug-likeness (QED) is 0.734. The Labute approximate surface area is 49.1 Å². The summed E-state index contributed by atoms with van der Waals surface area (Å²) in [5.74, 6) is 0. The van der Waals surface area contributed by atoms with Gasteiger partial charge in [0.2, 0.25) is 0 Å². The summed E-state index contributed by atoms with van der Waals surface area (Å²) in [5, 5.41) is 0. The predicted octanol–water partition coefficient (Wildman–Crippen LogP) is 0.945. The van der Waals surface area contributed by atoms with Crippen molar-refractivity contribution in [2.24, 2.45) is 5.73 Å². The van der Waals surface area contributed by atoms with Crippen LogP contribution in [0.3, 0.4) is 0 Å². The average Bonchev–Trinajstić information content (AvgIpc) is 1.90. The van der Waals surface area contributed by atoms with E-state index in [-0.39, 0.29) is 0 Å². The molecule has 0 aliphatic heterocycles. The number of nitrogens with two attached hydrogens (primary N) is 1. The van der Waals surface area contributed by atoms with Crippen LogP contribution in [0.5, 0.6) is 0 Å². The third-order valence-corrected chi connectivity index (χ3v) is 0.993. The van der Waals surface area contributed by atoms with Crippen molar-refractivity contribution in [3.8, 4) is 0 Å². The van der Waals surface area contributed by atoms with Gasteiger partial charge in [0.05, 0.1) is 0 Å². The van der Waals surface area contributed by atoms with Gasteiger partial charge in [0.25, 0.3) is 0 Å². The fraction of sp³-hybridized carbons (Fsp3) is 0.143. The molecule has 0 bridgehead atoms. The van der Waals surface area contributed by atoms with Crippen LogP contribution in [0.2, 0.25) is 0 Å². The molecule has 0 aromatic heterocycles. The fourth-order valence-electron chi connectivity index (χ4n) is 0.557. The van der Waals surface area contributed by atoms with Crippen molar-refractivity contribution in [1.82, 2.24) is 0 Å². The van der Waals surface area contributed by atoms with E-state index in [4.69, 9.17) is 5.73 Å². The average molecular weight is 368 g/mol. The van der Waals surface area contributed by atoms with Gasteiger partial charge in [-0.05, 0) is 6.54 Å². The molecule has 1 radical (unpaired) electrons. The second-order valence-electron chi connectivity index (χ2n) is 1.59. The maximum Gasteiger partial charge on any atom is 0 e. The Hall–Kier alpha value is -1.82. The van der Waals surface area contributed by atoms with Crippen molar-refractivity contribution in [2.75, 3.05) is 0 Å². The molecule has 0 aliphatic rings. The van der Waals surface area contributed by atoms with Crippen LogP contribution in [0.15, 0.2) is 24.3 Å². The van der Waals surface area contributed by atoms with E-state index in [9.17, 15) is 0 Å². The van der Waals surface area contributed by atoms with E-state index in [1.165, 1.54) is 0 Å². The van der Waals surface area contributed by atoms with E-state index in [0.29, 0.717) is 6.54 Å². The Bertz CT molecular complexity index is 150. The second-order valence-corrected chi connectivity index (χ2v) is 1.59. The molecule has 2 N–H and O–H groups in total. The molecule has 0 aliphatic carbocycles. The number of rotatable bonds is 1. The summed E-state index contributed by atoms with van der Waals surface area (Å²) >= 11 is 0. The first-order valence-corrected chi connectivity index (χ1v) is 2.59. The molecule has 0 amide bonds. The Kier molecular flexibility index (Phi) is 2.57. The van der Waals surface area contributed by atoms with Crippen LogP contribution >= 0.6 is 0 Å². The molecular formula is C7H8LrN-. The minimum absolute atomic E-state index is 0. The van der Waals surface area contributed by atoms with E-state index in [2.05, 4.69) is 6.07 Å². The Balaban J connectivity index is 0.000000640. The zero-order valence-corrected chi connectivity index (χ0v) is 7.00. The summed E-state index contributed by atoms with van der Waals surface area (Å²) in [4.78, 5) is 0. The van der Waals surface area contributed by atoms with Crippen molar-refractivity contribution < 1.29 is 0 Å². The van der Waals surface area contributed by atoms with Crippen molar-refractivity contribution in [3.63, 3.8) is 0 Å². The fourth-order valence-corrected chi connectivity index (χ4v) is 0.557. The van der Waals surface area contributed by atoms with Crippen molar-refractivity contribution in [3.05, 3.63) is 35.9 Å². The van der Waals surface area contributed by atoms with E-state index in [0.717, 1.165) is 5.56 Å². The third kappa shape index (κ3) is 1.61. The molecule has 0 saturated carbocycles. The smallest absolute Gasteiger partial charge is 0 e. The number of hydrogen-bond acceptors (Lipinski definition) is 1. The van der Waals surface area contributed by atoms with Crippen LogP contribution in [0.4, 0.5) is 0 Å². The largest absolute Gasteiger partial charge is 0.328 e. The van der Waals surface area contributed by atoms with Crippen molar-refractivity contribution in [2.45, 2.75) is 6.54 Å². The summed E-state index contributed by atoms with van der Waals surface area (Å²) in [6.07, 6.45) is 0. The molecule has 1 aromatic carbocycles. The molecule has 1 rings (SSSR count). The van der Waals surface area contributed by atoms with Crippen LogP contribution in [0, 0.1) is 6.07 Å². The van der Waals surface area contributed by atoms with Gasteiger partial charge in [-0.3, -0.25) is 0 Å². The van der Waals surface area contributed by atoms with Crippen LogP contribution in [-0.4, -0.2) is 0 Å². The van der Waals surface area contributed by atoms with E-state index < -0.39 is 0 Å². The monoisotopic (exact) mass is 368 g/mol. The normalized spacial score (nSPS) is 8.11. The van der Waals surface area contributed by atoms with Crippen LogP contribution in [-0.2, 0) is 6.54 Å². The molecule has 0 atom stereocenters. The van der Waals surface area contributed by atoms with Gasteiger partial charge in [-0.25, -0.2) is 0 Å². The molecule has 2 heteroatoms. The van der Waals surface area contributed by atoms with Gasteiger partial charge >= 0.3 is 0 Å². The molecule has 0 unspecified atom stereocenters. The predicted molar refractivity (Wildman–Crippen MR) is 33.2 cm³/mol. The summed E-state index contributed by atoms with van der Waals surface area (Å²) in [6.45, 7) is 0.584. The Morgan fingerprint density at radius 2 is 2.22 bits per heavy atom. The zero-order valence-electron chi connectivity index (χ0n) is 4.85. The van der Waals surface area contributed by atoms with E-state index in [1.54, 1.807) is 0 Å². The molecule has 0 saturated heterocycles.